The van der Waals surface area contributed by atoms with E-state index in [9.17, 15) is 4.79 Å². The molecule has 0 radical (unpaired) electrons. The maximum atomic E-state index is 11.1. The van der Waals surface area contributed by atoms with Crippen LogP contribution in [0.25, 0.3) is 0 Å². The predicted molar refractivity (Wildman–Crippen MR) is 78.2 cm³/mol. The van der Waals surface area contributed by atoms with Gasteiger partial charge in [0, 0.05) is 11.9 Å². The highest BCUT2D eigenvalue weighted by molar-refractivity contribution is 7.13. The Balaban J connectivity index is 1.92. The maximum Gasteiger partial charge on any atom is 0.311 e. The summed E-state index contributed by atoms with van der Waals surface area (Å²) in [7, 11) is 3.02. The fraction of sp³-hybridized carbons (Fsp3) is 0.286. The highest BCUT2D eigenvalue weighted by atomic mass is 32.1. The molecule has 0 aliphatic heterocycles. The van der Waals surface area contributed by atoms with Crippen molar-refractivity contribution in [2.45, 2.75) is 13.0 Å². The molecule has 0 unspecified atom stereocenters. The molecule has 0 saturated carbocycles. The molecule has 1 aromatic carbocycles. The first kappa shape index (κ1) is 14.3. The zero-order valence-corrected chi connectivity index (χ0v) is 12.2. The second-order valence-electron chi connectivity index (χ2n) is 4.10. The van der Waals surface area contributed by atoms with E-state index in [2.05, 4.69) is 15.0 Å². The van der Waals surface area contributed by atoms with E-state index in [1.54, 1.807) is 7.11 Å². The lowest BCUT2D eigenvalue weighted by atomic mass is 10.2. The number of hydrogen-bond acceptors (Lipinski definition) is 6. The van der Waals surface area contributed by atoms with E-state index >= 15 is 0 Å². The van der Waals surface area contributed by atoms with Gasteiger partial charge in [-0.15, -0.1) is 11.3 Å². The van der Waals surface area contributed by atoms with E-state index in [1.807, 2.05) is 29.6 Å². The number of hydrogen-bond donors (Lipinski definition) is 1. The molecule has 2 aromatic rings. The number of nitrogens with one attached hydrogen (secondary N) is 1. The van der Waals surface area contributed by atoms with Crippen molar-refractivity contribution < 1.29 is 14.3 Å². The van der Waals surface area contributed by atoms with Gasteiger partial charge in [-0.1, -0.05) is 12.1 Å². The van der Waals surface area contributed by atoms with Crippen molar-refractivity contribution in [1.82, 2.24) is 4.98 Å². The lowest BCUT2D eigenvalue weighted by molar-refractivity contribution is -0.139. The molecule has 5 nitrogen and oxygen atoms in total. The topological polar surface area (TPSA) is 60.5 Å². The molecule has 6 heteroatoms. The molecule has 2 rings (SSSR count). The lowest BCUT2D eigenvalue weighted by Crippen LogP contribution is -2.05. The first-order valence-corrected chi connectivity index (χ1v) is 6.97. The van der Waals surface area contributed by atoms with Crippen molar-refractivity contribution in [1.29, 1.82) is 0 Å². The second kappa shape index (κ2) is 6.91. The number of methoxy groups -OCH3 is 2. The Kier molecular flexibility index (Phi) is 4.95. The Labute approximate surface area is 121 Å². The lowest BCUT2D eigenvalue weighted by Gasteiger charge is -2.05. The highest BCUT2D eigenvalue weighted by Gasteiger charge is 2.07. The third-order valence-corrected chi connectivity index (χ3v) is 3.53. The van der Waals surface area contributed by atoms with Gasteiger partial charge < -0.3 is 14.8 Å². The molecule has 0 aliphatic rings. The summed E-state index contributed by atoms with van der Waals surface area (Å²) in [6, 6.07) is 7.83. The Bertz CT molecular complexity index is 583. The molecule has 0 fully saturated rings. The van der Waals surface area contributed by atoms with E-state index in [-0.39, 0.29) is 12.4 Å². The van der Waals surface area contributed by atoms with Crippen LogP contribution < -0.4 is 10.1 Å². The van der Waals surface area contributed by atoms with Gasteiger partial charge in [-0.25, -0.2) is 4.98 Å². The zero-order chi connectivity index (χ0) is 14.4. The Morgan fingerprint density at radius 2 is 2.25 bits per heavy atom. The summed E-state index contributed by atoms with van der Waals surface area (Å²) >= 11 is 1.47. The van der Waals surface area contributed by atoms with Crippen LogP contribution in [0.3, 0.4) is 0 Å². The number of aromatic nitrogens is 1. The quantitative estimate of drug-likeness (QED) is 0.829. The van der Waals surface area contributed by atoms with Gasteiger partial charge in [0.25, 0.3) is 0 Å². The van der Waals surface area contributed by atoms with E-state index in [4.69, 9.17) is 4.74 Å². The SMILES string of the molecule is COC(=O)Cc1csc(NCc2cccc(OC)c2)n1. The van der Waals surface area contributed by atoms with Gasteiger partial charge in [0.1, 0.15) is 5.75 Å². The van der Waals surface area contributed by atoms with Gasteiger partial charge in [0.2, 0.25) is 0 Å². The third-order valence-electron chi connectivity index (χ3n) is 2.68. The predicted octanol–water partition coefficient (Wildman–Crippen LogP) is 2.48. The normalized spacial score (nSPS) is 10.1. The molecule has 1 aromatic heterocycles. The van der Waals surface area contributed by atoms with Gasteiger partial charge in [-0.2, -0.15) is 0 Å². The number of rotatable bonds is 6. The summed E-state index contributed by atoms with van der Waals surface area (Å²) in [5.41, 5.74) is 1.82. The summed E-state index contributed by atoms with van der Waals surface area (Å²) in [5.74, 6) is 0.546. The van der Waals surface area contributed by atoms with E-state index in [1.165, 1.54) is 18.4 Å². The van der Waals surface area contributed by atoms with Crippen LogP contribution in [0, 0.1) is 0 Å². The highest BCUT2D eigenvalue weighted by Crippen LogP contribution is 2.18. The number of anilines is 1. The van der Waals surface area contributed by atoms with Crippen molar-refractivity contribution in [2.75, 3.05) is 19.5 Å². The fourth-order valence-corrected chi connectivity index (χ4v) is 2.36. The maximum absolute atomic E-state index is 11.1. The average molecular weight is 292 g/mol. The minimum atomic E-state index is -0.283. The largest absolute Gasteiger partial charge is 0.497 e. The van der Waals surface area contributed by atoms with Crippen molar-refractivity contribution in [2.24, 2.45) is 0 Å². The van der Waals surface area contributed by atoms with Gasteiger partial charge in [-0.05, 0) is 17.7 Å². The van der Waals surface area contributed by atoms with Gasteiger partial charge in [-0.3, -0.25) is 4.79 Å². The van der Waals surface area contributed by atoms with Gasteiger partial charge in [0.05, 0.1) is 26.3 Å². The molecule has 20 heavy (non-hydrogen) atoms. The van der Waals surface area contributed by atoms with Gasteiger partial charge >= 0.3 is 5.97 Å². The summed E-state index contributed by atoms with van der Waals surface area (Å²) < 4.78 is 9.78. The van der Waals surface area contributed by atoms with E-state index < -0.39 is 0 Å². The Morgan fingerprint density at radius 3 is 3.00 bits per heavy atom. The minimum absolute atomic E-state index is 0.202. The molecule has 0 atom stereocenters. The number of nitrogens with zero attached hydrogens (tertiary/aromatic N) is 1. The number of ether oxygens (including phenoxy) is 2. The molecule has 1 N–H and O–H groups in total. The van der Waals surface area contributed by atoms with Crippen LogP contribution >= 0.6 is 11.3 Å². The van der Waals surface area contributed by atoms with Crippen LogP contribution in [0.2, 0.25) is 0 Å². The number of benzene rings is 1. The van der Waals surface area contributed by atoms with Gasteiger partial charge in [0.15, 0.2) is 5.13 Å². The molecular weight excluding hydrogens is 276 g/mol. The van der Waals surface area contributed by atoms with Crippen LogP contribution in [0.4, 0.5) is 5.13 Å². The number of carbonyl (C=O) groups excluding carboxylic acids is 1. The molecule has 0 spiro atoms. The zero-order valence-electron chi connectivity index (χ0n) is 11.4. The molecule has 0 bridgehead atoms. The summed E-state index contributed by atoms with van der Waals surface area (Å²) in [6.45, 7) is 0.655. The molecule has 1 heterocycles. The van der Waals surface area contributed by atoms with Crippen molar-refractivity contribution in [3.05, 3.63) is 40.9 Å². The van der Waals surface area contributed by atoms with Crippen LogP contribution in [0.1, 0.15) is 11.3 Å². The summed E-state index contributed by atoms with van der Waals surface area (Å²) in [4.78, 5) is 15.5. The number of carbonyl (C=O) groups is 1. The molecule has 0 aliphatic carbocycles. The van der Waals surface area contributed by atoms with Crippen molar-refractivity contribution in [3.63, 3.8) is 0 Å². The Morgan fingerprint density at radius 1 is 1.40 bits per heavy atom. The first-order chi connectivity index (χ1) is 9.71. The van der Waals surface area contributed by atoms with E-state index in [0.717, 1.165) is 22.1 Å². The van der Waals surface area contributed by atoms with Crippen LogP contribution in [-0.4, -0.2) is 25.2 Å². The minimum Gasteiger partial charge on any atom is -0.497 e. The van der Waals surface area contributed by atoms with Crippen LogP contribution in [-0.2, 0) is 22.5 Å². The average Bonchev–Trinajstić information content (AvgIpc) is 2.92. The van der Waals surface area contributed by atoms with Crippen LogP contribution in [0.5, 0.6) is 5.75 Å². The van der Waals surface area contributed by atoms with E-state index in [0.29, 0.717) is 6.54 Å². The smallest absolute Gasteiger partial charge is 0.311 e. The molecule has 106 valence electrons. The number of thiazole rings is 1. The third kappa shape index (κ3) is 3.96. The fourth-order valence-electron chi connectivity index (χ4n) is 1.65. The van der Waals surface area contributed by atoms with Crippen molar-refractivity contribution >= 4 is 22.4 Å². The van der Waals surface area contributed by atoms with Crippen LogP contribution in [0.15, 0.2) is 29.6 Å². The Hall–Kier alpha value is -2.08. The monoisotopic (exact) mass is 292 g/mol. The molecule has 0 amide bonds. The molecular formula is C14H16N2O3S. The first-order valence-electron chi connectivity index (χ1n) is 6.09. The standard InChI is InChI=1S/C14H16N2O3S/c1-18-12-5-3-4-10(6-12)8-15-14-16-11(9-20-14)7-13(17)19-2/h3-6,9H,7-8H2,1-2H3,(H,15,16). The summed E-state index contributed by atoms with van der Waals surface area (Å²) in [5, 5.41) is 5.86. The second-order valence-corrected chi connectivity index (χ2v) is 4.96. The molecule has 0 saturated heterocycles. The summed E-state index contributed by atoms with van der Waals surface area (Å²) in [6.07, 6.45) is 0.202. The van der Waals surface area contributed by atoms with Crippen molar-refractivity contribution in [3.8, 4) is 5.75 Å². The number of esters is 1.